The molecule has 9 heteroatoms. The lowest BCUT2D eigenvalue weighted by molar-refractivity contribution is 0.502. The molecule has 4 N–H and O–H groups in total. The summed E-state index contributed by atoms with van der Waals surface area (Å²) < 4.78 is 40.5. The zero-order chi connectivity index (χ0) is 33.8. The molecule has 2 aromatic heterocycles. The monoisotopic (exact) mass is 665 g/mol. The third kappa shape index (κ3) is 8.21. The first-order valence-electron chi connectivity index (χ1n) is 16.6. The van der Waals surface area contributed by atoms with E-state index in [9.17, 15) is 12.8 Å². The fourth-order valence-corrected chi connectivity index (χ4v) is 7.03. The summed E-state index contributed by atoms with van der Waals surface area (Å²) in [6.45, 7) is 10.3. The largest absolute Gasteiger partial charge is 0.353 e. The number of aromatic nitrogens is 3. The lowest BCUT2D eigenvalue weighted by atomic mass is 9.98. The van der Waals surface area contributed by atoms with Gasteiger partial charge in [0.25, 0.3) is 0 Å². The molecular weight excluding hydrogens is 622 g/mol. The van der Waals surface area contributed by atoms with E-state index < -0.39 is 15.8 Å². The Morgan fingerprint density at radius 3 is 2.62 bits per heavy atom. The van der Waals surface area contributed by atoms with E-state index in [0.29, 0.717) is 11.1 Å². The Hall–Kier alpha value is -4.31. The first kappa shape index (κ1) is 33.6. The van der Waals surface area contributed by atoms with Crippen LogP contribution in [0, 0.1) is 11.7 Å². The molecule has 0 spiro atoms. The van der Waals surface area contributed by atoms with Crippen LogP contribution in [0.2, 0.25) is 0 Å². The number of allylic oxidation sites excluding steroid dienone is 4. The topological polar surface area (TPSA) is 103 Å². The maximum atomic E-state index is 14.7. The Bertz CT molecular complexity index is 2130. The molecule has 1 fully saturated rings. The van der Waals surface area contributed by atoms with E-state index in [1.807, 2.05) is 37.3 Å². The molecule has 0 bridgehead atoms. The second-order valence-corrected chi connectivity index (χ2v) is 15.1. The zero-order valence-electron chi connectivity index (χ0n) is 27.9. The molecule has 0 aliphatic heterocycles. The van der Waals surface area contributed by atoms with Gasteiger partial charge in [-0.25, -0.2) is 17.5 Å². The van der Waals surface area contributed by atoms with Crippen molar-refractivity contribution in [3.05, 3.63) is 107 Å². The molecule has 250 valence electrons. The van der Waals surface area contributed by atoms with E-state index in [1.54, 1.807) is 0 Å². The van der Waals surface area contributed by atoms with E-state index in [-0.39, 0.29) is 6.54 Å². The van der Waals surface area contributed by atoms with E-state index in [4.69, 9.17) is 5.10 Å². The van der Waals surface area contributed by atoms with Gasteiger partial charge in [-0.1, -0.05) is 60.9 Å². The van der Waals surface area contributed by atoms with Gasteiger partial charge in [0, 0.05) is 29.4 Å². The van der Waals surface area contributed by atoms with Gasteiger partial charge in [0.2, 0.25) is 10.0 Å². The van der Waals surface area contributed by atoms with Crippen molar-refractivity contribution in [3.63, 3.8) is 0 Å². The molecule has 0 unspecified atom stereocenters. The second-order valence-electron chi connectivity index (χ2n) is 13.3. The molecule has 2 heterocycles. The Labute approximate surface area is 282 Å². The Morgan fingerprint density at radius 1 is 1.04 bits per heavy atom. The van der Waals surface area contributed by atoms with Crippen molar-refractivity contribution in [2.75, 3.05) is 19.3 Å². The molecule has 1 aliphatic carbocycles. The average molecular weight is 666 g/mol. The molecule has 3 aromatic carbocycles. The second kappa shape index (κ2) is 14.4. The summed E-state index contributed by atoms with van der Waals surface area (Å²) in [5, 5.41) is 13.5. The lowest BCUT2D eigenvalue weighted by Crippen LogP contribution is -2.22. The SMILES string of the molecule is C=C(C)C/C=C(\C=C(/C)CNCC1CCCC1)c1ccc2[nH]nc(-c3cc4c(-c5cc(F)cc(CNS(C)(=O)=O)c5)cccc4[nH]3)c2c1. The van der Waals surface area contributed by atoms with Crippen LogP contribution in [-0.2, 0) is 16.6 Å². The highest BCUT2D eigenvalue weighted by atomic mass is 32.2. The van der Waals surface area contributed by atoms with Crippen molar-refractivity contribution in [1.29, 1.82) is 0 Å². The number of benzene rings is 3. The zero-order valence-corrected chi connectivity index (χ0v) is 28.7. The third-order valence-electron chi connectivity index (χ3n) is 9.01. The molecule has 6 rings (SSSR count). The molecule has 0 amide bonds. The van der Waals surface area contributed by atoms with Gasteiger partial charge in [0.15, 0.2) is 0 Å². The van der Waals surface area contributed by atoms with E-state index in [0.717, 1.165) is 87.2 Å². The highest BCUT2D eigenvalue weighted by Gasteiger charge is 2.17. The summed E-state index contributed by atoms with van der Waals surface area (Å²) in [4.78, 5) is 3.53. The number of halogens is 1. The van der Waals surface area contributed by atoms with Crippen molar-refractivity contribution in [2.45, 2.75) is 52.5 Å². The quantitative estimate of drug-likeness (QED) is 0.0747. The van der Waals surface area contributed by atoms with Crippen LogP contribution in [0.25, 0.3) is 49.9 Å². The Balaban J connectivity index is 1.32. The van der Waals surface area contributed by atoms with Crippen LogP contribution < -0.4 is 10.0 Å². The van der Waals surface area contributed by atoms with Crippen molar-refractivity contribution in [1.82, 2.24) is 25.2 Å². The molecule has 5 aromatic rings. The molecule has 0 radical (unpaired) electrons. The van der Waals surface area contributed by atoms with Crippen molar-refractivity contribution < 1.29 is 12.8 Å². The van der Waals surface area contributed by atoms with Crippen molar-refractivity contribution in [3.8, 4) is 22.5 Å². The predicted molar refractivity (Wildman–Crippen MR) is 196 cm³/mol. The van der Waals surface area contributed by atoms with Crippen LogP contribution in [0.5, 0.6) is 0 Å². The number of fused-ring (bicyclic) bond motifs is 2. The standard InChI is InChI=1S/C39H44FN5O2S/c1-25(2)12-13-29(16-26(3)22-41-23-27-8-5-6-9-27)30-14-15-37-35(20-30)39(45-44-37)38-21-34-33(10-7-11-36(34)43-38)31-17-28(18-32(40)19-31)24-42-48(4,46)47/h7,10-11,13-21,27,41-43H,1,5-6,8-9,12,22-24H2,2-4H3,(H,44,45)/b26-16+,29-13+. The minimum Gasteiger partial charge on any atom is -0.353 e. The van der Waals surface area contributed by atoms with Gasteiger partial charge in [-0.05, 0) is 116 Å². The number of sulfonamides is 1. The molecule has 0 atom stereocenters. The Kier molecular flexibility index (Phi) is 10.1. The molecule has 7 nitrogen and oxygen atoms in total. The minimum atomic E-state index is -3.42. The average Bonchev–Trinajstić information content (AvgIpc) is 3.81. The highest BCUT2D eigenvalue weighted by Crippen LogP contribution is 2.36. The van der Waals surface area contributed by atoms with Crippen molar-refractivity contribution >= 4 is 37.4 Å². The lowest BCUT2D eigenvalue weighted by Gasteiger charge is -2.12. The summed E-state index contributed by atoms with van der Waals surface area (Å²) in [5.74, 6) is 0.371. The number of aromatic amines is 2. The first-order chi connectivity index (χ1) is 23.0. The van der Waals surface area contributed by atoms with Gasteiger partial charge >= 0.3 is 0 Å². The molecular formula is C39H44FN5O2S. The number of hydrogen-bond acceptors (Lipinski definition) is 4. The number of nitrogens with zero attached hydrogens (tertiary/aromatic N) is 1. The van der Waals surface area contributed by atoms with E-state index >= 15 is 0 Å². The highest BCUT2D eigenvalue weighted by molar-refractivity contribution is 7.88. The van der Waals surface area contributed by atoms with Crippen LogP contribution in [-0.4, -0.2) is 42.9 Å². The first-order valence-corrected chi connectivity index (χ1v) is 18.5. The molecule has 1 aliphatic rings. The maximum absolute atomic E-state index is 14.7. The minimum absolute atomic E-state index is 0.00798. The smallest absolute Gasteiger partial charge is 0.209 e. The van der Waals surface area contributed by atoms with Gasteiger partial charge in [-0.3, -0.25) is 5.10 Å². The number of nitrogens with one attached hydrogen (secondary N) is 4. The van der Waals surface area contributed by atoms with E-state index in [2.05, 4.69) is 64.0 Å². The normalized spacial score (nSPS) is 14.8. The number of H-pyrrole nitrogens is 2. The van der Waals surface area contributed by atoms with Crippen LogP contribution in [0.15, 0.2) is 90.5 Å². The molecule has 0 saturated heterocycles. The van der Waals surface area contributed by atoms with Crippen LogP contribution in [0.3, 0.4) is 0 Å². The van der Waals surface area contributed by atoms with Gasteiger partial charge in [-0.2, -0.15) is 5.10 Å². The van der Waals surface area contributed by atoms with Gasteiger partial charge < -0.3 is 10.3 Å². The maximum Gasteiger partial charge on any atom is 0.209 e. The summed E-state index contributed by atoms with van der Waals surface area (Å²) in [6.07, 6.45) is 11.8. The number of hydrogen-bond donors (Lipinski definition) is 4. The van der Waals surface area contributed by atoms with Crippen LogP contribution in [0.4, 0.5) is 4.39 Å². The predicted octanol–water partition coefficient (Wildman–Crippen LogP) is 8.64. The molecule has 1 saturated carbocycles. The van der Waals surface area contributed by atoms with E-state index in [1.165, 1.54) is 43.4 Å². The fraction of sp³-hybridized carbons (Fsp3) is 0.308. The Morgan fingerprint density at radius 2 is 1.85 bits per heavy atom. The summed E-state index contributed by atoms with van der Waals surface area (Å²) in [6, 6.07) is 18.9. The third-order valence-corrected chi connectivity index (χ3v) is 9.68. The van der Waals surface area contributed by atoms with Gasteiger partial charge in [-0.15, -0.1) is 0 Å². The summed E-state index contributed by atoms with van der Waals surface area (Å²) in [7, 11) is -3.42. The number of rotatable bonds is 13. The van der Waals surface area contributed by atoms with Gasteiger partial charge in [0.1, 0.15) is 11.5 Å². The van der Waals surface area contributed by atoms with Crippen LogP contribution >= 0.6 is 0 Å². The summed E-state index contributed by atoms with van der Waals surface area (Å²) in [5.41, 5.74) is 10.1. The van der Waals surface area contributed by atoms with Gasteiger partial charge in [0.05, 0.1) is 17.5 Å². The molecule has 48 heavy (non-hydrogen) atoms. The van der Waals surface area contributed by atoms with Crippen molar-refractivity contribution in [2.24, 2.45) is 5.92 Å². The van der Waals surface area contributed by atoms with Crippen LogP contribution in [0.1, 0.15) is 57.1 Å². The summed E-state index contributed by atoms with van der Waals surface area (Å²) >= 11 is 0. The fourth-order valence-electron chi connectivity index (χ4n) is 6.60.